The zero-order valence-electron chi connectivity index (χ0n) is 8.45. The molecule has 0 spiro atoms. The van der Waals surface area contributed by atoms with Gasteiger partial charge in [-0.3, -0.25) is 4.55 Å². The molecule has 4 heteroatoms. The van der Waals surface area contributed by atoms with E-state index in [2.05, 4.69) is 20.8 Å². The number of rotatable bonds is 2. The first-order valence-corrected chi connectivity index (χ1v) is 6.29. The predicted octanol–water partition coefficient (Wildman–Crippen LogP) is 1.95. The molecule has 0 amide bonds. The summed E-state index contributed by atoms with van der Waals surface area (Å²) in [6.45, 7) is 6.31. The molecule has 13 heavy (non-hydrogen) atoms. The second-order valence-corrected chi connectivity index (χ2v) is 6.24. The third-order valence-corrected chi connectivity index (χ3v) is 4.51. The molecule has 3 nitrogen and oxygen atoms in total. The average molecular weight is 206 g/mol. The van der Waals surface area contributed by atoms with Gasteiger partial charge in [-0.2, -0.15) is 8.42 Å². The van der Waals surface area contributed by atoms with E-state index in [1.54, 1.807) is 0 Å². The van der Waals surface area contributed by atoms with Crippen LogP contribution >= 0.6 is 0 Å². The van der Waals surface area contributed by atoms with Crippen molar-refractivity contribution in [2.75, 3.05) is 5.75 Å². The van der Waals surface area contributed by atoms with Gasteiger partial charge in [-0.25, -0.2) is 0 Å². The summed E-state index contributed by atoms with van der Waals surface area (Å²) in [5, 5.41) is 0. The van der Waals surface area contributed by atoms with E-state index >= 15 is 0 Å². The van der Waals surface area contributed by atoms with Crippen LogP contribution in [0.25, 0.3) is 0 Å². The Kier molecular flexibility index (Phi) is 2.74. The Labute approximate surface area is 80.3 Å². The topological polar surface area (TPSA) is 54.4 Å². The highest BCUT2D eigenvalue weighted by Crippen LogP contribution is 2.47. The smallest absolute Gasteiger partial charge is 0.265 e. The molecule has 0 bridgehead atoms. The van der Waals surface area contributed by atoms with Crippen molar-refractivity contribution < 1.29 is 13.0 Å². The first kappa shape index (κ1) is 11.0. The zero-order valence-corrected chi connectivity index (χ0v) is 9.26. The second kappa shape index (κ2) is 3.24. The van der Waals surface area contributed by atoms with Crippen LogP contribution in [0.2, 0.25) is 0 Å². The molecular weight excluding hydrogens is 188 g/mol. The van der Waals surface area contributed by atoms with Crippen LogP contribution in [0, 0.1) is 17.3 Å². The van der Waals surface area contributed by atoms with E-state index in [9.17, 15) is 8.42 Å². The first-order chi connectivity index (χ1) is 5.73. The van der Waals surface area contributed by atoms with Crippen LogP contribution in [-0.2, 0) is 10.1 Å². The molecule has 1 rings (SSSR count). The molecule has 1 aliphatic rings. The summed E-state index contributed by atoms with van der Waals surface area (Å²) in [5.74, 6) is 0.571. The maximum atomic E-state index is 10.7. The molecule has 1 fully saturated rings. The van der Waals surface area contributed by atoms with E-state index in [1.807, 2.05) is 0 Å². The normalized spacial score (nSPS) is 33.5. The molecule has 0 aromatic rings. The summed E-state index contributed by atoms with van der Waals surface area (Å²) < 4.78 is 30.2. The summed E-state index contributed by atoms with van der Waals surface area (Å²) in [7, 11) is -3.80. The van der Waals surface area contributed by atoms with Crippen LogP contribution in [0.4, 0.5) is 0 Å². The molecular formula is C9H18O3S. The van der Waals surface area contributed by atoms with Gasteiger partial charge in [0.1, 0.15) is 0 Å². The predicted molar refractivity (Wildman–Crippen MR) is 52.1 cm³/mol. The number of hydrogen-bond donors (Lipinski definition) is 1. The Bertz CT molecular complexity index is 279. The SMILES string of the molecule is CC1CCC(CS(=O)(=O)O)C1(C)C. The van der Waals surface area contributed by atoms with Gasteiger partial charge in [0.2, 0.25) is 0 Å². The van der Waals surface area contributed by atoms with E-state index in [4.69, 9.17) is 4.55 Å². The highest BCUT2D eigenvalue weighted by molar-refractivity contribution is 7.85. The largest absolute Gasteiger partial charge is 0.286 e. The van der Waals surface area contributed by atoms with E-state index < -0.39 is 10.1 Å². The van der Waals surface area contributed by atoms with Crippen molar-refractivity contribution in [3.8, 4) is 0 Å². The summed E-state index contributed by atoms with van der Waals surface area (Å²) in [4.78, 5) is 0. The van der Waals surface area contributed by atoms with Crippen LogP contribution in [0.1, 0.15) is 33.6 Å². The molecule has 0 aromatic heterocycles. The van der Waals surface area contributed by atoms with E-state index in [1.165, 1.54) is 0 Å². The second-order valence-electron chi connectivity index (χ2n) is 4.75. The van der Waals surface area contributed by atoms with Crippen LogP contribution in [0.5, 0.6) is 0 Å². The van der Waals surface area contributed by atoms with Gasteiger partial charge in [-0.15, -0.1) is 0 Å². The Morgan fingerprint density at radius 3 is 2.23 bits per heavy atom. The Morgan fingerprint density at radius 2 is 1.92 bits per heavy atom. The van der Waals surface area contributed by atoms with Crippen LogP contribution in [0.15, 0.2) is 0 Å². The molecule has 0 saturated heterocycles. The van der Waals surface area contributed by atoms with E-state index in [0.29, 0.717) is 5.92 Å². The summed E-state index contributed by atoms with van der Waals surface area (Å²) in [5.41, 5.74) is 0.0375. The highest BCUT2D eigenvalue weighted by atomic mass is 32.2. The quantitative estimate of drug-likeness (QED) is 0.702. The molecule has 1 N–H and O–H groups in total. The molecule has 2 atom stereocenters. The summed E-state index contributed by atoms with van der Waals surface area (Å²) >= 11 is 0. The zero-order chi connectivity index (χ0) is 10.3. The van der Waals surface area contributed by atoms with Gasteiger partial charge in [0, 0.05) is 0 Å². The van der Waals surface area contributed by atoms with E-state index in [-0.39, 0.29) is 17.1 Å². The molecule has 0 heterocycles. The number of hydrogen-bond acceptors (Lipinski definition) is 2. The third-order valence-electron chi connectivity index (χ3n) is 3.68. The van der Waals surface area contributed by atoms with Crippen LogP contribution in [-0.4, -0.2) is 18.7 Å². The van der Waals surface area contributed by atoms with Gasteiger partial charge in [-0.05, 0) is 30.1 Å². The Morgan fingerprint density at radius 1 is 1.38 bits per heavy atom. The summed E-state index contributed by atoms with van der Waals surface area (Å²) in [6.07, 6.45) is 1.97. The van der Waals surface area contributed by atoms with Gasteiger partial charge in [-0.1, -0.05) is 20.8 Å². The van der Waals surface area contributed by atoms with Gasteiger partial charge in [0.15, 0.2) is 0 Å². The minimum Gasteiger partial charge on any atom is -0.286 e. The fourth-order valence-electron chi connectivity index (χ4n) is 2.15. The lowest BCUT2D eigenvalue weighted by Crippen LogP contribution is -2.28. The van der Waals surface area contributed by atoms with Crippen molar-refractivity contribution in [2.45, 2.75) is 33.6 Å². The van der Waals surface area contributed by atoms with Crippen LogP contribution < -0.4 is 0 Å². The molecule has 0 radical (unpaired) electrons. The lowest BCUT2D eigenvalue weighted by Gasteiger charge is -2.30. The third kappa shape index (κ3) is 2.44. The minimum atomic E-state index is -3.80. The van der Waals surface area contributed by atoms with Crippen molar-refractivity contribution >= 4 is 10.1 Å². The Hall–Kier alpha value is -0.0900. The lowest BCUT2D eigenvalue weighted by molar-refractivity contribution is 0.212. The Balaban J connectivity index is 2.74. The van der Waals surface area contributed by atoms with Gasteiger partial charge in [0.25, 0.3) is 10.1 Å². The molecule has 0 aliphatic heterocycles. The van der Waals surface area contributed by atoms with Crippen molar-refractivity contribution in [3.63, 3.8) is 0 Å². The van der Waals surface area contributed by atoms with Crippen molar-refractivity contribution in [3.05, 3.63) is 0 Å². The van der Waals surface area contributed by atoms with Gasteiger partial charge in [0.05, 0.1) is 5.75 Å². The molecule has 78 valence electrons. The standard InChI is InChI=1S/C9H18O3S/c1-7-4-5-8(9(7,2)3)6-13(10,11)12/h7-8H,4-6H2,1-3H3,(H,10,11,12). The fraction of sp³-hybridized carbons (Fsp3) is 1.00. The lowest BCUT2D eigenvalue weighted by atomic mass is 9.77. The molecule has 1 saturated carbocycles. The van der Waals surface area contributed by atoms with Crippen LogP contribution in [0.3, 0.4) is 0 Å². The highest BCUT2D eigenvalue weighted by Gasteiger charge is 2.41. The van der Waals surface area contributed by atoms with Gasteiger partial charge < -0.3 is 0 Å². The van der Waals surface area contributed by atoms with E-state index in [0.717, 1.165) is 12.8 Å². The molecule has 1 aliphatic carbocycles. The maximum absolute atomic E-state index is 10.7. The minimum absolute atomic E-state index is 0.0375. The summed E-state index contributed by atoms with van der Waals surface area (Å²) in [6, 6.07) is 0. The average Bonchev–Trinajstić information content (AvgIpc) is 2.13. The van der Waals surface area contributed by atoms with Crippen molar-refractivity contribution in [1.29, 1.82) is 0 Å². The fourth-order valence-corrected chi connectivity index (χ4v) is 3.25. The molecule has 0 aromatic carbocycles. The first-order valence-electron chi connectivity index (χ1n) is 4.68. The molecule has 2 unspecified atom stereocenters. The van der Waals surface area contributed by atoms with Gasteiger partial charge >= 0.3 is 0 Å². The van der Waals surface area contributed by atoms with Crippen molar-refractivity contribution in [1.82, 2.24) is 0 Å². The van der Waals surface area contributed by atoms with Crippen molar-refractivity contribution in [2.24, 2.45) is 17.3 Å². The maximum Gasteiger partial charge on any atom is 0.265 e. The monoisotopic (exact) mass is 206 g/mol.